The number of benzene rings is 2. The molecule has 5 aliphatic rings. The van der Waals surface area contributed by atoms with Gasteiger partial charge in [0.1, 0.15) is 17.7 Å². The number of H-pyrrole nitrogens is 2. The molecule has 4 aromatic rings. The van der Waals surface area contributed by atoms with Crippen LogP contribution in [0.2, 0.25) is 0 Å². The Morgan fingerprint density at radius 2 is 1.53 bits per heavy atom. The molecule has 2 aromatic carbocycles. The molecule has 0 radical (unpaired) electrons. The summed E-state index contributed by atoms with van der Waals surface area (Å²) >= 11 is 0. The van der Waals surface area contributed by atoms with Crippen LogP contribution < -0.4 is 10.6 Å². The first-order valence-electron chi connectivity index (χ1n) is 17.9. The minimum atomic E-state index is -1.10. The largest absolute Gasteiger partial charge is 0.453 e. The summed E-state index contributed by atoms with van der Waals surface area (Å²) in [7, 11) is 1.25. The molecule has 0 bridgehead atoms. The van der Waals surface area contributed by atoms with Crippen molar-refractivity contribution >= 4 is 12.0 Å². The first-order valence-corrected chi connectivity index (χ1v) is 17.9. The second-order valence-electron chi connectivity index (χ2n) is 14.7. The highest BCUT2D eigenvalue weighted by Gasteiger charge is 2.49. The van der Waals surface area contributed by atoms with Crippen molar-refractivity contribution in [2.45, 2.75) is 94.6 Å². The van der Waals surface area contributed by atoms with Crippen LogP contribution in [0.25, 0.3) is 44.8 Å². The molecular weight excluding hydrogens is 618 g/mol. The maximum absolute atomic E-state index is 13.9. The molecule has 4 heterocycles. The van der Waals surface area contributed by atoms with Gasteiger partial charge in [-0.3, -0.25) is 4.79 Å². The van der Waals surface area contributed by atoms with Crippen LogP contribution in [0.4, 0.5) is 4.79 Å². The van der Waals surface area contributed by atoms with E-state index >= 15 is 0 Å². The van der Waals surface area contributed by atoms with E-state index in [2.05, 4.69) is 57.0 Å². The number of nitrogens with zero attached hydrogens (tertiary/aromatic N) is 3. The minimum Gasteiger partial charge on any atom is -0.453 e. The number of likely N-dealkylation sites (tertiary alicyclic amines) is 1. The highest BCUT2D eigenvalue weighted by atomic mass is 16.5. The van der Waals surface area contributed by atoms with E-state index in [1.807, 2.05) is 17.3 Å². The summed E-state index contributed by atoms with van der Waals surface area (Å²) in [5, 5.41) is 16.8. The number of imidazole rings is 2. The smallest absolute Gasteiger partial charge is 0.407 e. The van der Waals surface area contributed by atoms with Gasteiger partial charge in [0.25, 0.3) is 0 Å². The molecule has 49 heavy (non-hydrogen) atoms. The lowest BCUT2D eigenvalue weighted by molar-refractivity contribution is -0.139. The average Bonchev–Trinajstić information content (AvgIpc) is 3.93. The lowest BCUT2D eigenvalue weighted by Crippen LogP contribution is -2.55. The second kappa shape index (κ2) is 11.8. The highest BCUT2D eigenvalue weighted by molar-refractivity contribution is 6.04. The zero-order valence-electron chi connectivity index (χ0n) is 27.9. The fourth-order valence-electron chi connectivity index (χ4n) is 9.53. The van der Waals surface area contributed by atoms with E-state index in [1.54, 1.807) is 0 Å². The zero-order chi connectivity index (χ0) is 33.4. The Labute approximate surface area is 285 Å². The van der Waals surface area contributed by atoms with Gasteiger partial charge in [-0.15, -0.1) is 0 Å². The number of aliphatic hydroxyl groups is 1. The van der Waals surface area contributed by atoms with Crippen LogP contribution >= 0.6 is 0 Å². The Morgan fingerprint density at radius 1 is 0.878 bits per heavy atom. The fourth-order valence-corrected chi connectivity index (χ4v) is 9.53. The molecule has 3 aliphatic carbocycles. The summed E-state index contributed by atoms with van der Waals surface area (Å²) in [6.45, 7) is 1.51. The van der Waals surface area contributed by atoms with E-state index in [0.717, 1.165) is 65.8 Å². The number of methoxy groups -OCH3 is 1. The summed E-state index contributed by atoms with van der Waals surface area (Å²) < 4.78 is 4.74. The number of hydrogen-bond acceptors (Lipinski definition) is 7. The van der Waals surface area contributed by atoms with E-state index in [9.17, 15) is 14.7 Å². The molecule has 2 saturated heterocycles. The van der Waals surface area contributed by atoms with Crippen molar-refractivity contribution in [3.63, 3.8) is 0 Å². The summed E-state index contributed by atoms with van der Waals surface area (Å²) in [5.74, 6) is 2.61. The number of aromatic amines is 2. The van der Waals surface area contributed by atoms with Gasteiger partial charge in [-0.1, -0.05) is 37.1 Å². The molecule has 2 unspecified atom stereocenters. The number of carbonyl (C=O) groups is 2. The summed E-state index contributed by atoms with van der Waals surface area (Å²) in [5.41, 5.74) is 9.03. The zero-order valence-corrected chi connectivity index (χ0v) is 27.9. The Morgan fingerprint density at radius 3 is 2.20 bits per heavy atom. The van der Waals surface area contributed by atoms with Gasteiger partial charge in [-0.25, -0.2) is 14.8 Å². The summed E-state index contributed by atoms with van der Waals surface area (Å²) in [6.07, 6.45) is 10.9. The van der Waals surface area contributed by atoms with Crippen LogP contribution in [0.3, 0.4) is 0 Å². The van der Waals surface area contributed by atoms with Crippen molar-refractivity contribution in [1.82, 2.24) is 35.5 Å². The third-order valence-corrected chi connectivity index (χ3v) is 12.0. The Balaban J connectivity index is 0.933. The molecule has 254 valence electrons. The number of fused-ring (bicyclic) bond motifs is 6. The number of nitrogens with one attached hydrogen (secondary N) is 4. The van der Waals surface area contributed by atoms with Gasteiger partial charge >= 0.3 is 6.09 Å². The van der Waals surface area contributed by atoms with Gasteiger partial charge in [-0.05, 0) is 91.7 Å². The van der Waals surface area contributed by atoms with E-state index in [-0.39, 0.29) is 18.0 Å². The number of rotatable bonds is 7. The standard InChI is InChI=1S/C38H43N7O4/c1-19(46)34(44-38(48)49-2)37(47)45-32-8-4-6-23(32)16-33(45)36-40-18-31(43-36)22-10-12-25-26-13-21(9-11-24(26)27(25)14-22)30-17-39-35(42-30)29-15-20-5-3-7-28(20)41-29/h9-14,17-20,23,28-29,32-34,41,46H,3-8,15-16H2,1-2H3,(H,39,42)(H,40,43)(H,44,48)/t19-,20?,23+,28?,29+,32+,33+,34+/m1/s1. The number of alkyl carbamates (subject to hydrolysis) is 1. The van der Waals surface area contributed by atoms with E-state index < -0.39 is 18.2 Å². The normalized spacial score (nSPS) is 27.5. The third kappa shape index (κ3) is 5.08. The molecule has 9 rings (SSSR count). The van der Waals surface area contributed by atoms with Crippen LogP contribution in [0.1, 0.15) is 82.0 Å². The number of amides is 2. The third-order valence-electron chi connectivity index (χ3n) is 12.0. The van der Waals surface area contributed by atoms with Crippen molar-refractivity contribution in [3.8, 4) is 44.8 Å². The molecule has 2 aliphatic heterocycles. The maximum atomic E-state index is 13.9. The van der Waals surface area contributed by atoms with E-state index in [1.165, 1.54) is 62.0 Å². The number of aliphatic hydroxyl groups excluding tert-OH is 1. The Bertz CT molecular complexity index is 1920. The van der Waals surface area contributed by atoms with Crippen molar-refractivity contribution in [2.75, 3.05) is 7.11 Å². The molecule has 0 spiro atoms. The lowest BCUT2D eigenvalue weighted by atomic mass is 9.78. The molecule has 2 amide bonds. The second-order valence-corrected chi connectivity index (χ2v) is 14.7. The van der Waals surface area contributed by atoms with Gasteiger partial charge in [-0.2, -0.15) is 0 Å². The van der Waals surface area contributed by atoms with Crippen LogP contribution in [0.5, 0.6) is 0 Å². The molecule has 11 heteroatoms. The van der Waals surface area contributed by atoms with Crippen molar-refractivity contribution < 1.29 is 19.4 Å². The molecule has 2 aromatic heterocycles. The van der Waals surface area contributed by atoms with Crippen molar-refractivity contribution in [3.05, 3.63) is 60.4 Å². The van der Waals surface area contributed by atoms with Gasteiger partial charge in [0.2, 0.25) is 5.91 Å². The average molecular weight is 662 g/mol. The minimum absolute atomic E-state index is 0.0528. The number of aromatic nitrogens is 4. The topological polar surface area (TPSA) is 148 Å². The van der Waals surface area contributed by atoms with Gasteiger partial charge in [0.15, 0.2) is 0 Å². The molecule has 4 fully saturated rings. The van der Waals surface area contributed by atoms with Gasteiger partial charge < -0.3 is 35.3 Å². The van der Waals surface area contributed by atoms with Crippen LogP contribution in [0.15, 0.2) is 48.8 Å². The summed E-state index contributed by atoms with van der Waals surface area (Å²) in [6, 6.07) is 12.8. The molecule has 8 atom stereocenters. The number of carbonyl (C=O) groups excluding carboxylic acids is 2. The van der Waals surface area contributed by atoms with Crippen molar-refractivity contribution in [1.29, 1.82) is 0 Å². The molecule has 5 N–H and O–H groups in total. The first kappa shape index (κ1) is 30.6. The maximum Gasteiger partial charge on any atom is 0.407 e. The quantitative estimate of drug-likeness (QED) is 0.147. The lowest BCUT2D eigenvalue weighted by Gasteiger charge is -2.33. The van der Waals surface area contributed by atoms with Crippen molar-refractivity contribution in [2.24, 2.45) is 11.8 Å². The monoisotopic (exact) mass is 661 g/mol. The molecule has 11 nitrogen and oxygen atoms in total. The highest BCUT2D eigenvalue weighted by Crippen LogP contribution is 2.51. The Kier molecular flexibility index (Phi) is 7.39. The number of hydrogen-bond donors (Lipinski definition) is 5. The van der Waals surface area contributed by atoms with E-state index in [0.29, 0.717) is 18.0 Å². The predicted molar refractivity (Wildman–Crippen MR) is 184 cm³/mol. The van der Waals surface area contributed by atoms with Crippen LogP contribution in [0, 0.1) is 11.8 Å². The SMILES string of the molecule is COC(=O)N[C@H](C(=O)N1[C@H](c2ncc(-c3ccc4c(c3)-c3ccc(-c5cnc([C@@H]6CC7CCCC7N6)[nH]5)cc3-4)[nH]2)C[C@@H]2CCC[C@@H]21)[C@@H](C)O. The Hall–Kier alpha value is -4.48. The van der Waals surface area contributed by atoms with Crippen LogP contribution in [-0.4, -0.2) is 73.3 Å². The predicted octanol–water partition coefficient (Wildman–Crippen LogP) is 5.86. The molecule has 2 saturated carbocycles. The molecular formula is C38H43N7O4. The summed E-state index contributed by atoms with van der Waals surface area (Å²) in [4.78, 5) is 44.5. The van der Waals surface area contributed by atoms with E-state index in [4.69, 9.17) is 14.7 Å². The van der Waals surface area contributed by atoms with Crippen LogP contribution in [-0.2, 0) is 9.53 Å². The first-order chi connectivity index (χ1) is 23.9. The van der Waals surface area contributed by atoms with Gasteiger partial charge in [0, 0.05) is 23.2 Å². The van der Waals surface area contributed by atoms with Gasteiger partial charge in [0.05, 0.1) is 49.1 Å². The number of ether oxygens (including phenoxy) is 1. The fraction of sp³-hybridized carbons (Fsp3) is 0.474.